The van der Waals surface area contributed by atoms with E-state index in [-0.39, 0.29) is 59.8 Å². The van der Waals surface area contributed by atoms with Gasteiger partial charge in [0.25, 0.3) is 0 Å². The summed E-state index contributed by atoms with van der Waals surface area (Å²) in [4.78, 5) is 151. The first-order valence-electron chi connectivity index (χ1n) is 42.6. The average molecular weight is 1730 g/mol. The number of aliphatic carboxylic acids is 1. The number of carbonyl (C=O) groups is 9. The number of carboxylic acid groups (broad SMARTS) is 1. The highest BCUT2D eigenvalue weighted by Crippen LogP contribution is 2.39. The second kappa shape index (κ2) is 41.2. The van der Waals surface area contributed by atoms with Crippen molar-refractivity contribution in [3.63, 3.8) is 0 Å². The molecule has 0 saturated carbocycles. The molecule has 9 N–H and O–H groups in total. The number of H-pyrrole nitrogens is 3. The Kier molecular flexibility index (Phi) is 30.1. The quantitative estimate of drug-likeness (QED) is 0.0254. The molecule has 0 unspecified atom stereocenters. The largest absolute Gasteiger partial charge is 0.480 e. The molecule has 33 nitrogen and oxygen atoms in total. The average Bonchev–Trinajstić information content (AvgIpc) is 1.48. The number of carboxylic acids is 1. The minimum absolute atomic E-state index is 0.0952. The predicted molar refractivity (Wildman–Crippen MR) is 473 cm³/mol. The lowest BCUT2D eigenvalue weighted by atomic mass is 9.98. The van der Waals surface area contributed by atoms with E-state index in [4.69, 9.17) is 48.5 Å². The van der Waals surface area contributed by atoms with Gasteiger partial charge in [0.1, 0.15) is 53.8 Å². The standard InChI is InChI=1S/C44H52N8O7.C42H49N7O5.C7H13NO5/c1-25(2)37(49-43(55)58-5)41(53)51-19-7-9-35(51)40-46-24-34(48-40)32-18-17-30-21-29(15-16-31(30)22-32)27-11-13-28(14-12-27)33-23-45-39(47-33)36-10-8-20-52(36)42(54)38(26(3)57-4)50-44(56)59-6;1-25(2)36(47-40(51)53-6)39(50)48-19-7-9-34(48)37-44-24-33(46-37)31-18-17-29-21-28(15-16-30(29)22-31)26-11-13-27(14-12-26)32-23-43-38(45-32)35-10-8-20-49(35)41(52)54-42(3,4)5;1-4(12-2)5(6(9)10)8-7(11)13-3/h11-18,21-26,35-38H,7-10,19-20H2,1-6H3,(H,45,47)(H,46,48)(H,49,55)(H,50,56);11-18,21-22,24-25,34-36H,7-10,19-20,23H2,1-6H3,(H,44,46)(H,47,51);4-5H,1-3H3,(H,8,11)(H,9,10)/p+1/t26-,35-,36-,37-,38-;34-,35-,36-;4-,5-/m000/s1. The summed E-state index contributed by atoms with van der Waals surface area (Å²) in [6.07, 6.45) is 7.88. The number of likely N-dealkylation sites (tertiary alicyclic amines) is 4. The van der Waals surface area contributed by atoms with E-state index in [1.807, 2.05) is 70.7 Å². The second-order valence-electron chi connectivity index (χ2n) is 33.6. The summed E-state index contributed by atoms with van der Waals surface area (Å²) in [7, 11) is 7.87. The van der Waals surface area contributed by atoms with Crippen molar-refractivity contribution in [3.05, 3.63) is 163 Å². The maximum Gasteiger partial charge on any atom is 0.411 e. The number of benzene rings is 6. The van der Waals surface area contributed by atoms with E-state index in [1.165, 1.54) is 42.5 Å². The van der Waals surface area contributed by atoms with Crippen molar-refractivity contribution in [2.24, 2.45) is 16.8 Å². The van der Waals surface area contributed by atoms with Gasteiger partial charge in [0.15, 0.2) is 6.04 Å². The summed E-state index contributed by atoms with van der Waals surface area (Å²) in [5.74, 6) is 1.11. The molecule has 3 aromatic heterocycles. The van der Waals surface area contributed by atoms with Crippen LogP contribution in [-0.2, 0) is 52.3 Å². The smallest absolute Gasteiger partial charge is 0.411 e. The molecule has 0 spiro atoms. The van der Waals surface area contributed by atoms with Crippen LogP contribution in [0.1, 0.15) is 155 Å². The van der Waals surface area contributed by atoms with E-state index >= 15 is 0 Å². The number of alkyl carbamates (subject to hydrolysis) is 4. The van der Waals surface area contributed by atoms with E-state index in [0.29, 0.717) is 38.5 Å². The lowest BCUT2D eigenvalue weighted by molar-refractivity contribution is -0.437. The van der Waals surface area contributed by atoms with Crippen molar-refractivity contribution < 1.29 is 86.4 Å². The zero-order valence-electron chi connectivity index (χ0n) is 74.0. The number of rotatable bonds is 24. The number of ether oxygens (including phenoxy) is 7. The zero-order valence-corrected chi connectivity index (χ0v) is 74.0. The molecule has 5 aliphatic rings. The third-order valence-corrected chi connectivity index (χ3v) is 23.5. The Balaban J connectivity index is 0.000000201. The molecule has 9 aromatic rings. The van der Waals surface area contributed by atoms with Crippen molar-refractivity contribution in [3.8, 4) is 56.0 Å². The van der Waals surface area contributed by atoms with E-state index < -0.39 is 72.3 Å². The van der Waals surface area contributed by atoms with E-state index in [9.17, 15) is 43.2 Å². The van der Waals surface area contributed by atoms with Crippen molar-refractivity contribution in [1.29, 1.82) is 0 Å². The normalized spacial score (nSPS) is 18.2. The lowest BCUT2D eigenvalue weighted by Gasteiger charge is -2.30. The number of hydrogen-bond donors (Lipinski definition) is 9. The van der Waals surface area contributed by atoms with E-state index in [0.717, 1.165) is 165 Å². The summed E-state index contributed by atoms with van der Waals surface area (Å²) in [5.41, 5.74) is 11.4. The summed E-state index contributed by atoms with van der Waals surface area (Å²) in [6.45, 7) is 19.6. The molecule has 668 valence electrons. The van der Waals surface area contributed by atoms with Crippen molar-refractivity contribution in [1.82, 2.24) is 70.8 Å². The Morgan fingerprint density at radius 3 is 1.10 bits per heavy atom. The SMILES string of the molecule is COC(=O)N[C@H](C(=O)N1CCC[C@H]1c1ncc(-c2ccc3cc(-c4ccc(-c5cnc([C@@H]6CCCN6C(=O)[C@@H](NC(=O)OC)[C@H](C)OC)[nH]5)cc4)ccc3c2)[nH]1)C(C)C.COC(=O)N[C@H](C(=O)N1CCC[C@H]1c1ncc(-c2ccc3cc(-c4ccc(C5=NC([C@@H]6CCCN6C(=O)OC(C)(C)C)=[NH+]C5)cc4)ccc3c2)[nH]1)C(C)C.COC(=O)N[C@H](C(=O)O)[C@H](C)OC. The number of amides is 8. The fourth-order valence-electron chi connectivity index (χ4n) is 16.5. The second-order valence-corrected chi connectivity index (χ2v) is 33.6. The van der Waals surface area contributed by atoms with Gasteiger partial charge >= 0.3 is 42.3 Å². The van der Waals surface area contributed by atoms with Gasteiger partial charge in [-0.2, -0.15) is 0 Å². The summed E-state index contributed by atoms with van der Waals surface area (Å²) < 4.78 is 34.4. The molecule has 33 heteroatoms. The third kappa shape index (κ3) is 21.8. The number of nitrogens with one attached hydrogen (secondary N) is 8. The van der Waals surface area contributed by atoms with Crippen LogP contribution >= 0.6 is 0 Å². The molecule has 8 amide bonds. The Bertz CT molecular complexity index is 5460. The zero-order chi connectivity index (χ0) is 90.4. The lowest BCUT2D eigenvalue weighted by Crippen LogP contribution is -2.74. The van der Waals surface area contributed by atoms with Crippen molar-refractivity contribution in [2.45, 2.75) is 180 Å². The summed E-state index contributed by atoms with van der Waals surface area (Å²) in [6, 6.07) is 38.2. The maximum atomic E-state index is 13.6. The van der Waals surface area contributed by atoms with Crippen LogP contribution in [-0.4, -0.2) is 244 Å². The van der Waals surface area contributed by atoms with Crippen molar-refractivity contribution in [2.75, 3.05) is 75.4 Å². The highest BCUT2D eigenvalue weighted by molar-refractivity contribution is 6.11. The third-order valence-electron chi connectivity index (χ3n) is 23.5. The molecule has 0 aliphatic carbocycles. The number of methoxy groups -OCH3 is 6. The Labute approximate surface area is 731 Å². The number of aromatic amines is 3. The van der Waals surface area contributed by atoms with Gasteiger partial charge in [-0.15, -0.1) is 0 Å². The number of aromatic nitrogens is 6. The Morgan fingerprint density at radius 1 is 0.413 bits per heavy atom. The van der Waals surface area contributed by atoms with Crippen LogP contribution in [0.25, 0.3) is 77.6 Å². The minimum atomic E-state index is -1.17. The fourth-order valence-corrected chi connectivity index (χ4v) is 16.5. The summed E-state index contributed by atoms with van der Waals surface area (Å²) in [5, 5.41) is 23.2. The first-order chi connectivity index (χ1) is 60.4. The predicted octanol–water partition coefficient (Wildman–Crippen LogP) is 12.2. The molecule has 4 fully saturated rings. The molecule has 8 heterocycles. The molecule has 6 aromatic carbocycles. The molecular formula is C93H115N16O17+. The van der Waals surface area contributed by atoms with Crippen LogP contribution < -0.4 is 26.3 Å². The molecule has 4 saturated heterocycles. The highest BCUT2D eigenvalue weighted by Gasteiger charge is 2.44. The summed E-state index contributed by atoms with van der Waals surface area (Å²) >= 11 is 0. The number of aliphatic imine (C=N–C) groups is 1. The number of hydrogen-bond acceptors (Lipinski definition) is 20. The Hall–Kier alpha value is -13.0. The number of carbonyl (C=O) groups excluding carboxylic acids is 8. The van der Waals surface area contributed by atoms with Crippen LogP contribution in [0.2, 0.25) is 0 Å². The fraction of sp³-hybridized carbons (Fsp3) is 0.441. The van der Waals surface area contributed by atoms with Gasteiger partial charge in [-0.3, -0.25) is 24.3 Å². The molecule has 0 bridgehead atoms. The number of imidazole rings is 3. The van der Waals surface area contributed by atoms with Gasteiger partial charge in [-0.25, -0.2) is 43.7 Å². The number of fused-ring (bicyclic) bond motifs is 2. The van der Waals surface area contributed by atoms with Gasteiger partial charge in [0.05, 0.1) is 94.4 Å². The van der Waals surface area contributed by atoms with Crippen LogP contribution in [0, 0.1) is 11.8 Å². The topological polar surface area (TPSA) is 412 Å². The van der Waals surface area contributed by atoms with Crippen LogP contribution in [0.4, 0.5) is 24.0 Å². The maximum absolute atomic E-state index is 13.6. The molecule has 14 rings (SSSR count). The first kappa shape index (κ1) is 92.1. The Morgan fingerprint density at radius 2 is 0.730 bits per heavy atom. The van der Waals surface area contributed by atoms with Crippen molar-refractivity contribution >= 4 is 87.2 Å². The minimum Gasteiger partial charge on any atom is -0.480 e. The van der Waals surface area contributed by atoms with E-state index in [2.05, 4.69) is 172 Å². The molecular weight excluding hydrogens is 1610 g/mol. The van der Waals surface area contributed by atoms with Gasteiger partial charge < -0.3 is 89.2 Å². The molecule has 10 atom stereocenters. The molecule has 126 heavy (non-hydrogen) atoms. The van der Waals surface area contributed by atoms with Gasteiger partial charge in [-0.1, -0.05) is 125 Å². The van der Waals surface area contributed by atoms with Gasteiger partial charge in [0.2, 0.25) is 23.4 Å². The van der Waals surface area contributed by atoms with Gasteiger partial charge in [0, 0.05) is 57.1 Å². The number of amidine groups is 1. The van der Waals surface area contributed by atoms with Crippen LogP contribution in [0.5, 0.6) is 0 Å². The van der Waals surface area contributed by atoms with Crippen LogP contribution in [0.3, 0.4) is 0 Å². The first-order valence-corrected chi connectivity index (χ1v) is 42.6. The highest BCUT2D eigenvalue weighted by atomic mass is 16.6. The molecule has 5 aliphatic heterocycles. The monoisotopic (exact) mass is 1730 g/mol. The van der Waals surface area contributed by atoms with Gasteiger partial charge in [-0.05, 0) is 176 Å². The van der Waals surface area contributed by atoms with E-state index in [1.54, 1.807) is 22.9 Å². The molecule has 0 radical (unpaired) electrons. The van der Waals surface area contributed by atoms with Crippen LogP contribution in [0.15, 0.2) is 145 Å². The number of nitrogens with zero attached hydrogens (tertiary/aromatic N) is 8.